The normalized spacial score (nSPS) is 15.5. The number of hydrogen-bond acceptors (Lipinski definition) is 2. The first-order valence-electron chi connectivity index (χ1n) is 30.1. The number of hydrogen-bond donors (Lipinski definition) is 0. The molecule has 2 heterocycles. The Hall–Kier alpha value is -8.37. The quantitative estimate of drug-likeness (QED) is 0.146. The topological polar surface area (TPSA) is 3.24 Å². The lowest BCUT2D eigenvalue weighted by atomic mass is 9.34. The van der Waals surface area contributed by atoms with Crippen molar-refractivity contribution < 1.29 is 13.7 Å². The van der Waals surface area contributed by atoms with Crippen LogP contribution >= 0.6 is 11.8 Å². The fourth-order valence-corrected chi connectivity index (χ4v) is 13.2. The van der Waals surface area contributed by atoms with Crippen molar-refractivity contribution in [2.75, 3.05) is 4.90 Å². The maximum Gasteiger partial charge on any atom is 0.249 e. The standard InChI is InChI=1S/C71H52BNS/c1-70(2,3)54-43-58(49-27-13-6-14-28-49)69(59(44-54)50-29-15-7-16-30-50)73-64-39-37-51(47-23-9-4-10-24-47)41-62(64)72-63-42-52(48-25-11-5-12-26-48)38-40-66(63)74-67-46-55(45-65(73)68(67)72)71(53-31-17-8-18-32-53)60-35-21-19-33-56(60)57-34-20-22-36-61(57)71/h4-46H,1-3H3/i6D,7D,13D,14D,15D,16D,27D,28D,29D,30D. The highest BCUT2D eigenvalue weighted by Crippen LogP contribution is 2.58. The van der Waals surface area contributed by atoms with Crippen molar-refractivity contribution in [2.45, 2.75) is 41.4 Å². The Morgan fingerprint density at radius 2 is 0.932 bits per heavy atom. The van der Waals surface area contributed by atoms with Crippen molar-refractivity contribution in [3.63, 3.8) is 0 Å². The van der Waals surface area contributed by atoms with Crippen LogP contribution in [0.5, 0.6) is 0 Å². The zero-order valence-electron chi connectivity index (χ0n) is 51.0. The summed E-state index contributed by atoms with van der Waals surface area (Å²) in [6.07, 6.45) is 0. The van der Waals surface area contributed by atoms with E-state index in [1.54, 1.807) is 11.8 Å². The van der Waals surface area contributed by atoms with Gasteiger partial charge in [0.25, 0.3) is 0 Å². The zero-order chi connectivity index (χ0) is 58.2. The Balaban J connectivity index is 1.21. The smallest absolute Gasteiger partial charge is 0.249 e. The average molecular weight is 972 g/mol. The minimum absolute atomic E-state index is 0.0862. The van der Waals surface area contributed by atoms with Crippen LogP contribution in [0.1, 0.15) is 62.3 Å². The summed E-state index contributed by atoms with van der Waals surface area (Å²) in [4.78, 5) is 4.18. The molecule has 0 unspecified atom stereocenters. The Bertz CT molecular complexity index is 4390. The van der Waals surface area contributed by atoms with Crippen LogP contribution in [0.3, 0.4) is 0 Å². The van der Waals surface area contributed by atoms with Crippen LogP contribution in [-0.4, -0.2) is 6.71 Å². The van der Waals surface area contributed by atoms with Gasteiger partial charge in [-0.3, -0.25) is 0 Å². The van der Waals surface area contributed by atoms with E-state index in [0.29, 0.717) is 16.9 Å². The second-order valence-electron chi connectivity index (χ2n) is 20.4. The first kappa shape index (κ1) is 34.9. The lowest BCUT2D eigenvalue weighted by Gasteiger charge is -2.44. The maximum absolute atomic E-state index is 9.81. The minimum Gasteiger partial charge on any atom is -0.310 e. The van der Waals surface area contributed by atoms with E-state index < -0.39 is 78.0 Å². The SMILES string of the molecule is [2H]c1c([2H])c([2H])c(-c2cc(C(C)(C)C)cc(-c3c([2H])c([2H])c([2H])c([2H])c3[2H])c2N2c3ccc(-c4ccccc4)cc3B3c4cc(-c5ccccc5)ccc4Sc4cc(C5(c6ccccc6)c6ccccc6-c6ccccc65)cc2c43)c([2H])c1[2H]. The first-order valence-corrected chi connectivity index (χ1v) is 25.9. The molecule has 0 N–H and O–H groups in total. The number of anilines is 3. The van der Waals surface area contributed by atoms with Gasteiger partial charge in [-0.15, -0.1) is 0 Å². The second-order valence-corrected chi connectivity index (χ2v) is 21.5. The fraction of sp³-hybridized carbons (Fsp3) is 0.0704. The predicted octanol–water partition coefficient (Wildman–Crippen LogP) is 16.8. The Morgan fingerprint density at radius 1 is 0.419 bits per heavy atom. The van der Waals surface area contributed by atoms with Gasteiger partial charge in [0.15, 0.2) is 0 Å². The molecule has 0 saturated heterocycles. The number of benzene rings is 11. The highest BCUT2D eigenvalue weighted by atomic mass is 32.2. The lowest BCUT2D eigenvalue weighted by Crippen LogP contribution is -2.60. The van der Waals surface area contributed by atoms with Crippen molar-refractivity contribution in [3.8, 4) is 55.6 Å². The summed E-state index contributed by atoms with van der Waals surface area (Å²) < 4.78 is 93.8. The Morgan fingerprint density at radius 3 is 1.50 bits per heavy atom. The summed E-state index contributed by atoms with van der Waals surface area (Å²) in [6.45, 7) is 5.61. The highest BCUT2D eigenvalue weighted by molar-refractivity contribution is 8.00. The van der Waals surface area contributed by atoms with Crippen molar-refractivity contribution >= 4 is 51.9 Å². The minimum atomic E-state index is -0.905. The molecule has 0 aromatic heterocycles. The van der Waals surface area contributed by atoms with Gasteiger partial charge in [-0.2, -0.15) is 0 Å². The third-order valence-corrected chi connectivity index (χ3v) is 16.5. The molecule has 14 rings (SSSR count). The van der Waals surface area contributed by atoms with Crippen molar-refractivity contribution in [2.24, 2.45) is 0 Å². The van der Waals surface area contributed by atoms with Gasteiger partial charge in [-0.25, -0.2) is 0 Å². The molecular formula is C71H52BNS. The maximum atomic E-state index is 9.81. The molecular weight excluding hydrogens is 910 g/mol. The van der Waals surface area contributed by atoms with Crippen LogP contribution in [0.4, 0.5) is 17.1 Å². The van der Waals surface area contributed by atoms with Crippen LogP contribution in [0.2, 0.25) is 0 Å². The molecule has 0 spiro atoms. The summed E-state index contributed by atoms with van der Waals surface area (Å²) >= 11 is 1.70. The van der Waals surface area contributed by atoms with Gasteiger partial charge in [-0.05, 0) is 125 Å². The average Bonchev–Trinajstić information content (AvgIpc) is 1.20. The molecule has 1 nitrogen and oxygen atoms in total. The van der Waals surface area contributed by atoms with Gasteiger partial charge in [0.2, 0.25) is 6.71 Å². The molecule has 0 fully saturated rings. The molecule has 3 aliphatic rings. The molecule has 11 aromatic rings. The molecule has 0 saturated carbocycles. The molecule has 1 aliphatic carbocycles. The van der Waals surface area contributed by atoms with Crippen LogP contribution in [-0.2, 0) is 10.8 Å². The summed E-state index contributed by atoms with van der Waals surface area (Å²) in [5.74, 6) is 0. The molecule has 350 valence electrons. The van der Waals surface area contributed by atoms with E-state index >= 15 is 0 Å². The third kappa shape index (κ3) is 6.94. The van der Waals surface area contributed by atoms with Gasteiger partial charge in [0.1, 0.15) is 0 Å². The molecule has 74 heavy (non-hydrogen) atoms. The van der Waals surface area contributed by atoms with Gasteiger partial charge in [-0.1, -0.05) is 262 Å². The largest absolute Gasteiger partial charge is 0.310 e. The van der Waals surface area contributed by atoms with Crippen molar-refractivity contribution in [1.29, 1.82) is 0 Å². The third-order valence-electron chi connectivity index (χ3n) is 15.3. The fourth-order valence-electron chi connectivity index (χ4n) is 12.0. The zero-order valence-corrected chi connectivity index (χ0v) is 41.8. The molecule has 2 aliphatic heterocycles. The van der Waals surface area contributed by atoms with Gasteiger partial charge in [0.05, 0.1) is 24.8 Å². The predicted molar refractivity (Wildman–Crippen MR) is 314 cm³/mol. The molecule has 0 bridgehead atoms. The number of rotatable bonds is 7. The summed E-state index contributed by atoms with van der Waals surface area (Å²) in [5, 5.41) is 0. The van der Waals surface area contributed by atoms with E-state index in [1.165, 1.54) is 0 Å². The van der Waals surface area contributed by atoms with Gasteiger partial charge in [0, 0.05) is 32.3 Å². The Labute approximate surface area is 454 Å². The van der Waals surface area contributed by atoms with Crippen LogP contribution < -0.4 is 21.3 Å². The van der Waals surface area contributed by atoms with Crippen molar-refractivity contribution in [3.05, 3.63) is 288 Å². The van der Waals surface area contributed by atoms with E-state index in [9.17, 15) is 11.0 Å². The molecule has 11 aromatic carbocycles. The van der Waals surface area contributed by atoms with E-state index in [4.69, 9.17) is 2.74 Å². The summed E-state index contributed by atoms with van der Waals surface area (Å²) in [6, 6.07) is 64.9. The Kier molecular flexibility index (Phi) is 8.21. The molecule has 0 radical (unpaired) electrons. The van der Waals surface area contributed by atoms with E-state index in [1.807, 2.05) is 75.4 Å². The van der Waals surface area contributed by atoms with E-state index in [2.05, 4.69) is 150 Å². The molecule has 3 heteroatoms. The van der Waals surface area contributed by atoms with Crippen molar-refractivity contribution in [1.82, 2.24) is 0 Å². The van der Waals surface area contributed by atoms with Gasteiger partial charge < -0.3 is 4.90 Å². The van der Waals surface area contributed by atoms with E-state index in [-0.39, 0.29) is 22.3 Å². The van der Waals surface area contributed by atoms with E-state index in [0.717, 1.165) is 87.5 Å². The number of fused-ring (bicyclic) bond motifs is 7. The second kappa shape index (κ2) is 17.4. The highest BCUT2D eigenvalue weighted by Gasteiger charge is 2.49. The van der Waals surface area contributed by atoms with Crippen LogP contribution in [0.15, 0.2) is 270 Å². The van der Waals surface area contributed by atoms with Gasteiger partial charge >= 0.3 is 0 Å². The van der Waals surface area contributed by atoms with Crippen LogP contribution in [0.25, 0.3) is 55.6 Å². The van der Waals surface area contributed by atoms with Crippen LogP contribution in [0, 0.1) is 0 Å². The summed E-state index contributed by atoms with van der Waals surface area (Å²) in [5.41, 5.74) is 14.5. The lowest BCUT2D eigenvalue weighted by molar-refractivity contribution is 0.591. The first-order chi connectivity index (χ1) is 40.5. The molecule has 0 atom stereocenters. The molecule has 0 amide bonds. The monoisotopic (exact) mass is 971 g/mol. The number of nitrogens with zero attached hydrogens (tertiary/aromatic N) is 1. The summed E-state index contributed by atoms with van der Waals surface area (Å²) in [7, 11) is 0.